The highest BCUT2D eigenvalue weighted by atomic mass is 19.4. The van der Waals surface area contributed by atoms with E-state index >= 15 is 0 Å². The van der Waals surface area contributed by atoms with Crippen molar-refractivity contribution in [1.29, 1.82) is 0 Å². The number of hydrogen-bond donors (Lipinski definition) is 0. The first-order chi connectivity index (χ1) is 8.32. The number of carbonyl (C=O) groups excluding carboxylic acids is 3. The molecule has 1 aliphatic carbocycles. The fourth-order valence-corrected chi connectivity index (χ4v) is 1.68. The Morgan fingerprint density at radius 1 is 1.11 bits per heavy atom. The minimum atomic E-state index is -5.26. The van der Waals surface area contributed by atoms with Crippen molar-refractivity contribution in [2.24, 2.45) is 11.8 Å². The Balaban J connectivity index is 2.18. The van der Waals surface area contributed by atoms with Gasteiger partial charge >= 0.3 is 12.1 Å². The summed E-state index contributed by atoms with van der Waals surface area (Å²) in [6, 6.07) is 0. The minimum Gasteiger partial charge on any atom is -0.322 e. The third kappa shape index (κ3) is 1.89. The number of rotatable bonds is 1. The summed E-state index contributed by atoms with van der Waals surface area (Å²) in [5.41, 5.74) is 0. The van der Waals surface area contributed by atoms with Crippen molar-refractivity contribution in [3.05, 3.63) is 24.3 Å². The number of fused-ring (bicyclic) bond motifs is 1. The third-order valence-corrected chi connectivity index (χ3v) is 2.51. The zero-order valence-corrected chi connectivity index (χ0v) is 8.68. The topological polar surface area (TPSA) is 63.7 Å². The summed E-state index contributed by atoms with van der Waals surface area (Å²) in [5.74, 6) is -6.39. The molecule has 0 spiro atoms. The molecule has 0 N–H and O–H groups in total. The Kier molecular flexibility index (Phi) is 2.72. The van der Waals surface area contributed by atoms with Crippen LogP contribution in [0.3, 0.4) is 0 Å². The Bertz CT molecular complexity index is 450. The average molecular weight is 261 g/mol. The predicted octanol–water partition coefficient (Wildman–Crippen LogP) is 0.734. The van der Waals surface area contributed by atoms with E-state index in [1.807, 2.05) is 0 Å². The van der Waals surface area contributed by atoms with E-state index in [2.05, 4.69) is 4.84 Å². The number of hydroxylamine groups is 2. The Morgan fingerprint density at radius 3 is 1.94 bits per heavy atom. The molecular formula is C10H6F3NO4. The van der Waals surface area contributed by atoms with E-state index in [9.17, 15) is 27.6 Å². The van der Waals surface area contributed by atoms with Crippen LogP contribution in [-0.2, 0) is 19.2 Å². The van der Waals surface area contributed by atoms with Crippen LogP contribution in [0, 0.1) is 11.8 Å². The molecule has 0 aromatic rings. The lowest BCUT2D eigenvalue weighted by Crippen LogP contribution is -2.38. The highest BCUT2D eigenvalue weighted by molar-refractivity contribution is 6.06. The first kappa shape index (κ1) is 12.3. The van der Waals surface area contributed by atoms with E-state index in [1.165, 1.54) is 24.3 Å². The van der Waals surface area contributed by atoms with Gasteiger partial charge in [-0.2, -0.15) is 13.2 Å². The van der Waals surface area contributed by atoms with Gasteiger partial charge in [-0.15, -0.1) is 5.06 Å². The fraction of sp³-hybridized carbons (Fsp3) is 0.300. The number of hydrogen-bond acceptors (Lipinski definition) is 4. The van der Waals surface area contributed by atoms with Crippen LogP contribution in [0.25, 0.3) is 0 Å². The van der Waals surface area contributed by atoms with Crippen LogP contribution in [0.5, 0.6) is 0 Å². The number of amides is 2. The van der Waals surface area contributed by atoms with E-state index in [1.54, 1.807) is 0 Å². The molecule has 8 heteroatoms. The summed E-state index contributed by atoms with van der Waals surface area (Å²) < 4.78 is 35.9. The SMILES string of the molecule is O=C1C2C=CC=CC2C(=O)N1OC(=O)C(F)(F)F. The summed E-state index contributed by atoms with van der Waals surface area (Å²) in [7, 11) is 0. The second kappa shape index (κ2) is 3.97. The van der Waals surface area contributed by atoms with Crippen molar-refractivity contribution in [1.82, 2.24) is 5.06 Å². The van der Waals surface area contributed by atoms with Crippen LogP contribution in [0.1, 0.15) is 0 Å². The van der Waals surface area contributed by atoms with E-state index in [0.717, 1.165) is 0 Å². The predicted molar refractivity (Wildman–Crippen MR) is 49.3 cm³/mol. The lowest BCUT2D eigenvalue weighted by Gasteiger charge is -2.14. The number of nitrogens with zero attached hydrogens (tertiary/aromatic N) is 1. The van der Waals surface area contributed by atoms with Gasteiger partial charge in [0.15, 0.2) is 0 Å². The molecule has 2 unspecified atom stereocenters. The smallest absolute Gasteiger partial charge is 0.322 e. The molecule has 1 heterocycles. The van der Waals surface area contributed by atoms with Crippen molar-refractivity contribution < 1.29 is 32.4 Å². The molecule has 2 atom stereocenters. The molecule has 18 heavy (non-hydrogen) atoms. The summed E-state index contributed by atoms with van der Waals surface area (Å²) in [5, 5.41) is -0.120. The van der Waals surface area contributed by atoms with Crippen molar-refractivity contribution >= 4 is 17.8 Å². The molecule has 0 saturated carbocycles. The summed E-state index contributed by atoms with van der Waals surface area (Å²) in [6.45, 7) is 0. The lowest BCUT2D eigenvalue weighted by molar-refractivity contribution is -0.233. The molecule has 0 aromatic heterocycles. The van der Waals surface area contributed by atoms with Gasteiger partial charge in [0, 0.05) is 0 Å². The summed E-state index contributed by atoms with van der Waals surface area (Å²) in [6.07, 6.45) is 0.446. The van der Waals surface area contributed by atoms with Gasteiger partial charge in [-0.25, -0.2) is 4.79 Å². The van der Waals surface area contributed by atoms with Gasteiger partial charge in [0.1, 0.15) is 0 Å². The molecule has 0 aromatic carbocycles. The molecule has 2 aliphatic rings. The highest BCUT2D eigenvalue weighted by Crippen LogP contribution is 2.32. The van der Waals surface area contributed by atoms with Crippen LogP contribution >= 0.6 is 0 Å². The maximum Gasteiger partial charge on any atom is 0.493 e. The molecule has 5 nitrogen and oxygen atoms in total. The number of imide groups is 1. The second-order valence-corrected chi connectivity index (χ2v) is 3.67. The first-order valence-electron chi connectivity index (χ1n) is 4.84. The third-order valence-electron chi connectivity index (χ3n) is 2.51. The van der Waals surface area contributed by atoms with E-state index < -0.39 is 35.8 Å². The van der Waals surface area contributed by atoms with Crippen molar-refractivity contribution in [2.75, 3.05) is 0 Å². The van der Waals surface area contributed by atoms with Gasteiger partial charge in [0.2, 0.25) is 0 Å². The van der Waals surface area contributed by atoms with Crippen LogP contribution in [0.15, 0.2) is 24.3 Å². The summed E-state index contributed by atoms with van der Waals surface area (Å²) >= 11 is 0. The number of alkyl halides is 3. The van der Waals surface area contributed by atoms with Gasteiger partial charge in [0.25, 0.3) is 11.8 Å². The van der Waals surface area contributed by atoms with Gasteiger partial charge in [-0.1, -0.05) is 24.3 Å². The van der Waals surface area contributed by atoms with Crippen LogP contribution in [-0.4, -0.2) is 29.0 Å². The standard InChI is InChI=1S/C10H6F3NO4/c11-10(12,13)9(17)18-14-7(15)5-3-1-2-4-6(5)8(14)16/h1-6H. The van der Waals surface area contributed by atoms with Crippen LogP contribution in [0.4, 0.5) is 13.2 Å². The molecule has 2 rings (SSSR count). The maximum absolute atomic E-state index is 12.0. The first-order valence-corrected chi connectivity index (χ1v) is 4.84. The quantitative estimate of drug-likeness (QED) is 0.653. The van der Waals surface area contributed by atoms with Crippen LogP contribution < -0.4 is 0 Å². The largest absolute Gasteiger partial charge is 0.493 e. The Morgan fingerprint density at radius 2 is 1.56 bits per heavy atom. The van der Waals surface area contributed by atoms with Crippen molar-refractivity contribution in [3.63, 3.8) is 0 Å². The number of halogens is 3. The van der Waals surface area contributed by atoms with Gasteiger partial charge in [-0.3, -0.25) is 9.59 Å². The zero-order valence-electron chi connectivity index (χ0n) is 8.68. The number of allylic oxidation sites excluding steroid dienone is 2. The second-order valence-electron chi connectivity index (χ2n) is 3.67. The lowest BCUT2D eigenvalue weighted by atomic mass is 9.91. The zero-order chi connectivity index (χ0) is 13.5. The molecule has 1 fully saturated rings. The summed E-state index contributed by atoms with van der Waals surface area (Å²) in [4.78, 5) is 37.6. The Hall–Kier alpha value is -2.12. The van der Waals surface area contributed by atoms with Crippen LogP contribution in [0.2, 0.25) is 0 Å². The highest BCUT2D eigenvalue weighted by Gasteiger charge is 2.51. The van der Waals surface area contributed by atoms with Crippen molar-refractivity contribution in [3.8, 4) is 0 Å². The minimum absolute atomic E-state index is 0.120. The Labute approximate surface area is 98.4 Å². The average Bonchev–Trinajstić information content (AvgIpc) is 2.54. The molecule has 1 aliphatic heterocycles. The molecule has 96 valence electrons. The van der Waals surface area contributed by atoms with Gasteiger partial charge in [0.05, 0.1) is 11.8 Å². The molecule has 2 amide bonds. The normalized spacial score (nSPS) is 26.5. The van der Waals surface area contributed by atoms with Crippen molar-refractivity contribution in [2.45, 2.75) is 6.18 Å². The molecule has 1 saturated heterocycles. The van der Waals surface area contributed by atoms with Gasteiger partial charge < -0.3 is 4.84 Å². The van der Waals surface area contributed by atoms with E-state index in [4.69, 9.17) is 0 Å². The van der Waals surface area contributed by atoms with Gasteiger partial charge in [-0.05, 0) is 0 Å². The molecule has 0 radical (unpaired) electrons. The molecular weight excluding hydrogens is 255 g/mol. The van der Waals surface area contributed by atoms with E-state index in [0.29, 0.717) is 0 Å². The monoisotopic (exact) mass is 261 g/mol. The number of carbonyl (C=O) groups is 3. The molecule has 0 bridgehead atoms. The van der Waals surface area contributed by atoms with E-state index in [-0.39, 0.29) is 5.06 Å². The fourth-order valence-electron chi connectivity index (χ4n) is 1.68. The maximum atomic E-state index is 12.0.